The predicted molar refractivity (Wildman–Crippen MR) is 65.0 cm³/mol. The third-order valence-electron chi connectivity index (χ3n) is 3.20. The zero-order valence-corrected chi connectivity index (χ0v) is 9.71. The molecule has 3 N–H and O–H groups in total. The average Bonchev–Trinajstić information content (AvgIpc) is 2.27. The lowest BCUT2D eigenvalue weighted by Gasteiger charge is -2.33. The highest BCUT2D eigenvalue weighted by atomic mass is 16.5. The van der Waals surface area contributed by atoms with Gasteiger partial charge in [-0.2, -0.15) is 0 Å². The molecule has 0 saturated carbocycles. The van der Waals surface area contributed by atoms with Crippen molar-refractivity contribution < 1.29 is 20.1 Å². The van der Waals surface area contributed by atoms with Gasteiger partial charge < -0.3 is 20.1 Å². The van der Waals surface area contributed by atoms with E-state index in [1.807, 2.05) is 0 Å². The molecule has 2 aromatic carbocycles. The van der Waals surface area contributed by atoms with E-state index in [2.05, 4.69) is 0 Å². The number of hydrogen-bond acceptors (Lipinski definition) is 4. The summed E-state index contributed by atoms with van der Waals surface area (Å²) in [4.78, 5) is 0. The Labute approximate surface area is 104 Å². The van der Waals surface area contributed by atoms with E-state index in [-0.39, 0.29) is 11.5 Å². The van der Waals surface area contributed by atoms with Crippen molar-refractivity contribution in [2.24, 2.45) is 0 Å². The van der Waals surface area contributed by atoms with Crippen LogP contribution in [0.4, 0.5) is 0 Å². The summed E-state index contributed by atoms with van der Waals surface area (Å²) in [5.41, 5.74) is -0.0541. The molecule has 0 radical (unpaired) electrons. The van der Waals surface area contributed by atoms with E-state index in [0.717, 1.165) is 0 Å². The number of hydrogen-bond donors (Lipinski definition) is 3. The SMILES string of the molecule is CC1(O)c2ccc(O)cc2Oc2cc(O)ccc21. The molecular weight excluding hydrogens is 232 g/mol. The molecule has 4 nitrogen and oxygen atoms in total. The fourth-order valence-electron chi connectivity index (χ4n) is 2.26. The van der Waals surface area contributed by atoms with Crippen LogP contribution in [0.5, 0.6) is 23.0 Å². The number of fused-ring (bicyclic) bond motifs is 2. The molecule has 92 valence electrons. The molecule has 0 aliphatic carbocycles. The zero-order chi connectivity index (χ0) is 12.9. The van der Waals surface area contributed by atoms with Crippen LogP contribution in [0, 0.1) is 0 Å². The first-order valence-corrected chi connectivity index (χ1v) is 5.56. The van der Waals surface area contributed by atoms with Gasteiger partial charge in [-0.25, -0.2) is 0 Å². The van der Waals surface area contributed by atoms with Crippen LogP contribution in [0.25, 0.3) is 0 Å². The Kier molecular flexibility index (Phi) is 2.06. The van der Waals surface area contributed by atoms with Crippen LogP contribution in [0.15, 0.2) is 36.4 Å². The van der Waals surface area contributed by atoms with Crippen LogP contribution in [0.1, 0.15) is 18.1 Å². The molecular formula is C14H12O4. The molecule has 0 aromatic heterocycles. The summed E-state index contributed by atoms with van der Waals surface area (Å²) in [6, 6.07) is 9.14. The van der Waals surface area contributed by atoms with E-state index in [1.54, 1.807) is 19.1 Å². The van der Waals surface area contributed by atoms with E-state index < -0.39 is 5.60 Å². The minimum Gasteiger partial charge on any atom is -0.508 e. The van der Waals surface area contributed by atoms with Crippen molar-refractivity contribution in [1.82, 2.24) is 0 Å². The van der Waals surface area contributed by atoms with E-state index >= 15 is 0 Å². The fourth-order valence-corrected chi connectivity index (χ4v) is 2.26. The molecule has 3 rings (SSSR count). The van der Waals surface area contributed by atoms with Crippen LogP contribution in [0.3, 0.4) is 0 Å². The van der Waals surface area contributed by atoms with Crippen LogP contribution in [-0.4, -0.2) is 15.3 Å². The van der Waals surface area contributed by atoms with Gasteiger partial charge in [0.15, 0.2) is 0 Å². The maximum absolute atomic E-state index is 10.6. The van der Waals surface area contributed by atoms with Gasteiger partial charge in [-0.05, 0) is 31.2 Å². The zero-order valence-electron chi connectivity index (χ0n) is 9.71. The van der Waals surface area contributed by atoms with Crippen LogP contribution < -0.4 is 4.74 Å². The van der Waals surface area contributed by atoms with Crippen molar-refractivity contribution in [2.75, 3.05) is 0 Å². The summed E-state index contributed by atoms with van der Waals surface area (Å²) in [6.45, 7) is 1.65. The number of phenols is 2. The van der Waals surface area contributed by atoms with Crippen LogP contribution in [0.2, 0.25) is 0 Å². The Morgan fingerprint density at radius 2 is 1.33 bits per heavy atom. The largest absolute Gasteiger partial charge is 0.508 e. The fraction of sp³-hybridized carbons (Fsp3) is 0.143. The molecule has 2 aromatic rings. The average molecular weight is 244 g/mol. The summed E-state index contributed by atoms with van der Waals surface area (Å²) in [5, 5.41) is 29.5. The topological polar surface area (TPSA) is 69.9 Å². The predicted octanol–water partition coefficient (Wildman–Crippen LogP) is 2.46. The van der Waals surface area contributed by atoms with Crippen LogP contribution >= 0.6 is 0 Å². The normalized spacial score (nSPS) is 15.4. The third-order valence-corrected chi connectivity index (χ3v) is 3.20. The van der Waals surface area contributed by atoms with Gasteiger partial charge in [0.2, 0.25) is 0 Å². The van der Waals surface area contributed by atoms with Gasteiger partial charge >= 0.3 is 0 Å². The molecule has 0 atom stereocenters. The minimum absolute atomic E-state index is 0.0631. The van der Waals surface area contributed by atoms with E-state index in [4.69, 9.17) is 4.74 Å². The standard InChI is InChI=1S/C14H12O4/c1-14(17)10-4-2-8(15)6-12(10)18-13-7-9(16)3-5-11(13)14/h2-7,15-17H,1H3. The highest BCUT2D eigenvalue weighted by Crippen LogP contribution is 2.48. The second-order valence-electron chi connectivity index (χ2n) is 4.54. The minimum atomic E-state index is -1.22. The molecule has 0 spiro atoms. The Balaban J connectivity index is 2.25. The number of aliphatic hydroxyl groups is 1. The first-order chi connectivity index (χ1) is 8.48. The number of aromatic hydroxyl groups is 2. The number of rotatable bonds is 0. The third kappa shape index (κ3) is 1.43. The lowest BCUT2D eigenvalue weighted by Crippen LogP contribution is -2.27. The lowest BCUT2D eigenvalue weighted by atomic mass is 9.85. The molecule has 0 saturated heterocycles. The highest BCUT2D eigenvalue weighted by Gasteiger charge is 2.36. The number of phenolic OH excluding ortho intramolecular Hbond substituents is 2. The maximum Gasteiger partial charge on any atom is 0.137 e. The number of ether oxygens (including phenoxy) is 1. The van der Waals surface area contributed by atoms with Crippen LogP contribution in [-0.2, 0) is 5.60 Å². The molecule has 0 bridgehead atoms. The second kappa shape index (κ2) is 3.40. The summed E-state index contributed by atoms with van der Waals surface area (Å²) in [5.74, 6) is 0.900. The smallest absolute Gasteiger partial charge is 0.137 e. The summed E-state index contributed by atoms with van der Waals surface area (Å²) in [7, 11) is 0. The van der Waals surface area contributed by atoms with E-state index in [1.165, 1.54) is 24.3 Å². The molecule has 0 unspecified atom stereocenters. The molecule has 0 amide bonds. The molecule has 1 heterocycles. The van der Waals surface area contributed by atoms with Gasteiger partial charge in [0.25, 0.3) is 0 Å². The molecule has 1 aliphatic heterocycles. The first-order valence-electron chi connectivity index (χ1n) is 5.56. The van der Waals surface area contributed by atoms with Gasteiger partial charge in [0, 0.05) is 23.3 Å². The Morgan fingerprint density at radius 1 is 0.889 bits per heavy atom. The molecule has 18 heavy (non-hydrogen) atoms. The van der Waals surface area contributed by atoms with E-state index in [9.17, 15) is 15.3 Å². The monoisotopic (exact) mass is 244 g/mol. The molecule has 1 aliphatic rings. The van der Waals surface area contributed by atoms with Crippen molar-refractivity contribution in [2.45, 2.75) is 12.5 Å². The van der Waals surface area contributed by atoms with Gasteiger partial charge in [-0.15, -0.1) is 0 Å². The summed E-state index contributed by atoms with van der Waals surface area (Å²) < 4.78 is 5.59. The number of benzene rings is 2. The van der Waals surface area contributed by atoms with Gasteiger partial charge in [0.1, 0.15) is 28.6 Å². The van der Waals surface area contributed by atoms with Crippen molar-refractivity contribution >= 4 is 0 Å². The molecule has 0 fully saturated rings. The van der Waals surface area contributed by atoms with Crippen molar-refractivity contribution in [1.29, 1.82) is 0 Å². The lowest BCUT2D eigenvalue weighted by molar-refractivity contribution is 0.0899. The first kappa shape index (κ1) is 10.9. The second-order valence-corrected chi connectivity index (χ2v) is 4.54. The summed E-state index contributed by atoms with van der Waals surface area (Å²) >= 11 is 0. The van der Waals surface area contributed by atoms with Gasteiger partial charge in [-0.1, -0.05) is 0 Å². The van der Waals surface area contributed by atoms with E-state index in [0.29, 0.717) is 22.6 Å². The Bertz CT molecular complexity index is 578. The van der Waals surface area contributed by atoms with Crippen molar-refractivity contribution in [3.05, 3.63) is 47.5 Å². The van der Waals surface area contributed by atoms with Gasteiger partial charge in [-0.3, -0.25) is 0 Å². The molecule has 4 heteroatoms. The quantitative estimate of drug-likeness (QED) is 0.665. The highest BCUT2D eigenvalue weighted by molar-refractivity contribution is 5.58. The maximum atomic E-state index is 10.6. The Morgan fingerprint density at radius 3 is 1.78 bits per heavy atom. The van der Waals surface area contributed by atoms with Gasteiger partial charge in [0.05, 0.1) is 0 Å². The van der Waals surface area contributed by atoms with Crippen molar-refractivity contribution in [3.8, 4) is 23.0 Å². The van der Waals surface area contributed by atoms with Crippen molar-refractivity contribution in [3.63, 3.8) is 0 Å². The summed E-state index contributed by atoms with van der Waals surface area (Å²) in [6.07, 6.45) is 0. The Hall–Kier alpha value is -2.20.